The van der Waals surface area contributed by atoms with Crippen molar-refractivity contribution in [3.05, 3.63) is 77.4 Å². The van der Waals surface area contributed by atoms with Crippen molar-refractivity contribution in [2.45, 2.75) is 20.4 Å². The first-order chi connectivity index (χ1) is 12.1. The smallest absolute Gasteiger partial charge is 0.270 e. The third-order valence-electron chi connectivity index (χ3n) is 3.78. The number of benzene rings is 1. The van der Waals surface area contributed by atoms with Crippen LogP contribution in [0.2, 0.25) is 0 Å². The van der Waals surface area contributed by atoms with Crippen LogP contribution >= 0.6 is 0 Å². The number of carbonyl (C=O) groups is 1. The number of nitrogens with zero attached hydrogens (tertiary/aromatic N) is 3. The van der Waals surface area contributed by atoms with Gasteiger partial charge < -0.3 is 10.6 Å². The summed E-state index contributed by atoms with van der Waals surface area (Å²) in [6.07, 6.45) is 4.98. The summed E-state index contributed by atoms with van der Waals surface area (Å²) in [5.74, 6) is 0.141. The van der Waals surface area contributed by atoms with Gasteiger partial charge in [-0.05, 0) is 42.7 Å². The van der Waals surface area contributed by atoms with Gasteiger partial charge in [0, 0.05) is 30.8 Å². The average molecular weight is 333 g/mol. The molecule has 0 fully saturated rings. The number of nitrogens with one attached hydrogen (secondary N) is 2. The number of hydrogen-bond acceptors (Lipinski definition) is 5. The second-order valence-corrected chi connectivity index (χ2v) is 5.70. The van der Waals surface area contributed by atoms with Crippen molar-refractivity contribution in [1.29, 1.82) is 0 Å². The normalized spacial score (nSPS) is 10.3. The Hall–Kier alpha value is -3.28. The van der Waals surface area contributed by atoms with Crippen LogP contribution in [0.3, 0.4) is 0 Å². The zero-order chi connectivity index (χ0) is 17.6. The van der Waals surface area contributed by atoms with E-state index in [2.05, 4.69) is 25.6 Å². The Balaban J connectivity index is 1.72. The van der Waals surface area contributed by atoms with E-state index in [-0.39, 0.29) is 5.91 Å². The first-order valence-corrected chi connectivity index (χ1v) is 7.97. The lowest BCUT2D eigenvalue weighted by Crippen LogP contribution is -2.24. The van der Waals surface area contributed by atoms with Crippen molar-refractivity contribution >= 4 is 17.5 Å². The summed E-state index contributed by atoms with van der Waals surface area (Å²) in [6.45, 7) is 4.43. The highest BCUT2D eigenvalue weighted by atomic mass is 16.1. The van der Waals surface area contributed by atoms with E-state index in [4.69, 9.17) is 0 Å². The molecule has 6 heteroatoms. The number of anilines is 2. The number of amides is 1. The minimum Gasteiger partial charge on any atom is -0.347 e. The Morgan fingerprint density at radius 1 is 1.04 bits per heavy atom. The van der Waals surface area contributed by atoms with Gasteiger partial charge in [0.05, 0.1) is 0 Å². The van der Waals surface area contributed by atoms with E-state index in [1.165, 1.54) is 0 Å². The van der Waals surface area contributed by atoms with E-state index < -0.39 is 0 Å². The zero-order valence-electron chi connectivity index (χ0n) is 14.2. The fourth-order valence-corrected chi connectivity index (χ4v) is 2.44. The Bertz CT molecular complexity index is 860. The predicted molar refractivity (Wildman–Crippen MR) is 96.6 cm³/mol. The molecule has 2 aromatic heterocycles. The van der Waals surface area contributed by atoms with E-state index in [0.717, 1.165) is 22.4 Å². The molecule has 0 aliphatic heterocycles. The highest BCUT2D eigenvalue weighted by Crippen LogP contribution is 2.22. The maximum absolute atomic E-state index is 12.3. The summed E-state index contributed by atoms with van der Waals surface area (Å²) < 4.78 is 0. The Morgan fingerprint density at radius 2 is 1.84 bits per heavy atom. The van der Waals surface area contributed by atoms with Crippen LogP contribution in [0, 0.1) is 13.8 Å². The Kier molecular flexibility index (Phi) is 4.99. The van der Waals surface area contributed by atoms with E-state index in [1.54, 1.807) is 24.7 Å². The van der Waals surface area contributed by atoms with Gasteiger partial charge in [-0.3, -0.25) is 9.78 Å². The summed E-state index contributed by atoms with van der Waals surface area (Å²) >= 11 is 0. The number of rotatable bonds is 5. The van der Waals surface area contributed by atoms with Crippen molar-refractivity contribution in [2.75, 3.05) is 5.32 Å². The Labute approximate surface area is 146 Å². The number of aryl methyl sites for hydroxylation is 2. The SMILES string of the molecule is Cc1cccc(C)c1Nc1nccc(C(=O)NCc2cccnc2)n1. The lowest BCUT2D eigenvalue weighted by atomic mass is 10.1. The molecule has 3 rings (SSSR count). The molecule has 3 aromatic rings. The first kappa shape index (κ1) is 16.6. The third-order valence-corrected chi connectivity index (χ3v) is 3.78. The van der Waals surface area contributed by atoms with Gasteiger partial charge in [-0.2, -0.15) is 0 Å². The van der Waals surface area contributed by atoms with E-state index >= 15 is 0 Å². The standard InChI is InChI=1S/C19H19N5O/c1-13-5-3-6-14(2)17(13)24-19-21-10-8-16(23-19)18(25)22-12-15-7-4-9-20-11-15/h3-11H,12H2,1-2H3,(H,22,25)(H,21,23,24). The molecule has 0 aliphatic carbocycles. The fraction of sp³-hybridized carbons (Fsp3) is 0.158. The number of aromatic nitrogens is 3. The highest BCUT2D eigenvalue weighted by molar-refractivity contribution is 5.92. The molecule has 0 atom stereocenters. The topological polar surface area (TPSA) is 79.8 Å². The number of para-hydroxylation sites is 1. The molecule has 1 aromatic carbocycles. The molecule has 0 bridgehead atoms. The predicted octanol–water partition coefficient (Wildman–Crippen LogP) is 3.16. The molecule has 2 heterocycles. The fourth-order valence-electron chi connectivity index (χ4n) is 2.44. The third kappa shape index (κ3) is 4.17. The van der Waals surface area contributed by atoms with Crippen LogP contribution in [0.25, 0.3) is 0 Å². The molecule has 0 aliphatic rings. The van der Waals surface area contributed by atoms with Crippen molar-refractivity contribution in [3.63, 3.8) is 0 Å². The maximum atomic E-state index is 12.3. The molecular formula is C19H19N5O. The van der Waals surface area contributed by atoms with Crippen LogP contribution < -0.4 is 10.6 Å². The van der Waals surface area contributed by atoms with Gasteiger partial charge in [-0.1, -0.05) is 24.3 Å². The molecule has 0 saturated heterocycles. The Morgan fingerprint density at radius 3 is 2.56 bits per heavy atom. The average Bonchev–Trinajstić information content (AvgIpc) is 2.64. The van der Waals surface area contributed by atoms with E-state index in [1.807, 2.05) is 44.2 Å². The van der Waals surface area contributed by atoms with Crippen molar-refractivity contribution in [2.24, 2.45) is 0 Å². The first-order valence-electron chi connectivity index (χ1n) is 7.97. The van der Waals surface area contributed by atoms with E-state index in [9.17, 15) is 4.79 Å². The summed E-state index contributed by atoms with van der Waals surface area (Å²) in [6, 6.07) is 11.4. The molecular weight excluding hydrogens is 314 g/mol. The minimum absolute atomic E-state index is 0.254. The highest BCUT2D eigenvalue weighted by Gasteiger charge is 2.10. The second-order valence-electron chi connectivity index (χ2n) is 5.70. The lowest BCUT2D eigenvalue weighted by Gasteiger charge is -2.11. The molecule has 1 amide bonds. The maximum Gasteiger partial charge on any atom is 0.270 e. The monoisotopic (exact) mass is 333 g/mol. The van der Waals surface area contributed by atoms with Crippen molar-refractivity contribution in [3.8, 4) is 0 Å². The summed E-state index contributed by atoms with van der Waals surface area (Å²) in [5, 5.41) is 6.03. The van der Waals surface area contributed by atoms with Gasteiger partial charge in [0.2, 0.25) is 5.95 Å². The minimum atomic E-state index is -0.254. The summed E-state index contributed by atoms with van der Waals surface area (Å²) in [5.41, 5.74) is 4.38. The van der Waals surface area contributed by atoms with Gasteiger partial charge in [0.15, 0.2) is 0 Å². The molecule has 126 valence electrons. The number of pyridine rings is 1. The van der Waals surface area contributed by atoms with Crippen LogP contribution in [-0.2, 0) is 6.54 Å². The summed E-state index contributed by atoms with van der Waals surface area (Å²) in [7, 11) is 0. The van der Waals surface area contributed by atoms with Crippen LogP contribution in [0.15, 0.2) is 55.0 Å². The summed E-state index contributed by atoms with van der Waals surface area (Å²) in [4.78, 5) is 24.9. The van der Waals surface area contributed by atoms with Crippen LogP contribution in [0.1, 0.15) is 27.2 Å². The zero-order valence-corrected chi connectivity index (χ0v) is 14.2. The van der Waals surface area contributed by atoms with Gasteiger partial charge in [-0.25, -0.2) is 9.97 Å². The van der Waals surface area contributed by atoms with Gasteiger partial charge in [0.1, 0.15) is 5.69 Å². The van der Waals surface area contributed by atoms with Crippen LogP contribution in [0.5, 0.6) is 0 Å². The quantitative estimate of drug-likeness (QED) is 0.750. The molecule has 0 unspecified atom stereocenters. The van der Waals surface area contributed by atoms with Crippen molar-refractivity contribution in [1.82, 2.24) is 20.3 Å². The van der Waals surface area contributed by atoms with Crippen LogP contribution in [0.4, 0.5) is 11.6 Å². The molecule has 6 nitrogen and oxygen atoms in total. The molecule has 2 N–H and O–H groups in total. The molecule has 25 heavy (non-hydrogen) atoms. The van der Waals surface area contributed by atoms with Crippen molar-refractivity contribution < 1.29 is 4.79 Å². The molecule has 0 radical (unpaired) electrons. The number of hydrogen-bond donors (Lipinski definition) is 2. The largest absolute Gasteiger partial charge is 0.347 e. The van der Waals surface area contributed by atoms with Gasteiger partial charge in [0.25, 0.3) is 5.91 Å². The molecule has 0 spiro atoms. The van der Waals surface area contributed by atoms with Gasteiger partial charge >= 0.3 is 0 Å². The lowest BCUT2D eigenvalue weighted by molar-refractivity contribution is 0.0946. The van der Waals surface area contributed by atoms with Gasteiger partial charge in [-0.15, -0.1) is 0 Å². The number of carbonyl (C=O) groups excluding carboxylic acids is 1. The van der Waals surface area contributed by atoms with Crippen LogP contribution in [-0.4, -0.2) is 20.9 Å². The molecule has 0 saturated carbocycles. The van der Waals surface area contributed by atoms with E-state index in [0.29, 0.717) is 18.2 Å². The second kappa shape index (κ2) is 7.53.